The molecular formula is C23H23ClN2O4. The third-order valence-electron chi connectivity index (χ3n) is 5.87. The first-order chi connectivity index (χ1) is 14.2. The van der Waals surface area contributed by atoms with Crippen molar-refractivity contribution in [3.8, 4) is 11.1 Å². The zero-order valence-corrected chi connectivity index (χ0v) is 18.1. The van der Waals surface area contributed by atoms with Gasteiger partial charge in [0.1, 0.15) is 0 Å². The van der Waals surface area contributed by atoms with Crippen molar-refractivity contribution in [1.82, 2.24) is 4.57 Å². The highest BCUT2D eigenvalue weighted by atomic mass is 35.5. The van der Waals surface area contributed by atoms with Gasteiger partial charge in [0.2, 0.25) is 0 Å². The van der Waals surface area contributed by atoms with Gasteiger partial charge in [-0.1, -0.05) is 23.7 Å². The van der Waals surface area contributed by atoms with E-state index in [1.54, 1.807) is 17.0 Å². The van der Waals surface area contributed by atoms with Crippen LogP contribution in [0.1, 0.15) is 23.7 Å². The zero-order valence-electron chi connectivity index (χ0n) is 17.3. The summed E-state index contributed by atoms with van der Waals surface area (Å²) in [7, 11) is 1.36. The molecule has 30 heavy (non-hydrogen) atoms. The Balaban J connectivity index is 2.15. The summed E-state index contributed by atoms with van der Waals surface area (Å²) in [6.45, 7) is 6.51. The Kier molecular flexibility index (Phi) is 4.98. The fourth-order valence-electron chi connectivity index (χ4n) is 4.58. The number of methoxy groups -OCH3 is 1. The Labute approximate surface area is 179 Å². The van der Waals surface area contributed by atoms with Crippen LogP contribution in [-0.2, 0) is 22.5 Å². The molecule has 0 saturated heterocycles. The van der Waals surface area contributed by atoms with Crippen molar-refractivity contribution in [1.29, 1.82) is 0 Å². The highest BCUT2D eigenvalue weighted by Gasteiger charge is 2.35. The molecule has 1 aromatic heterocycles. The molecule has 0 aliphatic carbocycles. The highest BCUT2D eigenvalue weighted by Crippen LogP contribution is 2.46. The average Bonchev–Trinajstić information content (AvgIpc) is 3.02. The van der Waals surface area contributed by atoms with Gasteiger partial charge >= 0.3 is 12.1 Å². The van der Waals surface area contributed by atoms with E-state index in [-0.39, 0.29) is 12.5 Å². The number of carbonyl (C=O) groups excluding carboxylic acids is 1. The second kappa shape index (κ2) is 7.36. The van der Waals surface area contributed by atoms with Gasteiger partial charge in [0.25, 0.3) is 0 Å². The van der Waals surface area contributed by atoms with E-state index in [1.807, 2.05) is 32.9 Å². The number of carboxylic acids is 1. The first-order valence-electron chi connectivity index (χ1n) is 9.74. The minimum absolute atomic E-state index is 0.128. The van der Waals surface area contributed by atoms with E-state index in [1.165, 1.54) is 7.11 Å². The summed E-state index contributed by atoms with van der Waals surface area (Å²) in [5, 5.41) is 11.2. The van der Waals surface area contributed by atoms with Crippen molar-refractivity contribution < 1.29 is 19.4 Å². The molecule has 6 nitrogen and oxygen atoms in total. The number of anilines is 1. The SMILES string of the molecule is COC(=O)N1c2c(C)c(CC(=O)O)c(-c3ccc(Cl)cc3)c3cc(C)n(c23)C[C@H]1C. The van der Waals surface area contributed by atoms with Crippen molar-refractivity contribution >= 4 is 40.3 Å². The highest BCUT2D eigenvalue weighted by molar-refractivity contribution is 6.30. The van der Waals surface area contributed by atoms with Crippen LogP contribution in [0.5, 0.6) is 0 Å². The number of carbonyl (C=O) groups is 2. The molecule has 1 N–H and O–H groups in total. The number of hydrogen-bond donors (Lipinski definition) is 1. The minimum Gasteiger partial charge on any atom is -0.481 e. The van der Waals surface area contributed by atoms with Crippen LogP contribution in [-0.4, -0.2) is 34.9 Å². The summed E-state index contributed by atoms with van der Waals surface area (Å²) in [6.07, 6.45) is -0.599. The van der Waals surface area contributed by atoms with Crippen LogP contribution in [0, 0.1) is 13.8 Å². The molecule has 0 fully saturated rings. The number of carboxylic acid groups (broad SMARTS) is 1. The maximum atomic E-state index is 12.7. The lowest BCUT2D eigenvalue weighted by atomic mass is 9.88. The number of benzene rings is 2. The topological polar surface area (TPSA) is 71.8 Å². The molecule has 0 saturated carbocycles. The summed E-state index contributed by atoms with van der Waals surface area (Å²) in [5.74, 6) is -0.926. The minimum atomic E-state index is -0.926. The number of hydrogen-bond acceptors (Lipinski definition) is 3. The molecule has 0 unspecified atom stereocenters. The molecule has 156 valence electrons. The molecule has 0 bridgehead atoms. The van der Waals surface area contributed by atoms with Crippen LogP contribution < -0.4 is 4.90 Å². The van der Waals surface area contributed by atoms with Crippen LogP contribution in [0.15, 0.2) is 30.3 Å². The number of aromatic nitrogens is 1. The zero-order chi connectivity index (χ0) is 21.7. The largest absolute Gasteiger partial charge is 0.481 e. The standard InChI is InChI=1S/C23H23ClN2O4/c1-12-9-18-20(15-5-7-16(24)8-6-15)17(10-19(27)28)14(3)21-22(18)25(12)11-13(2)26(21)23(29)30-4/h5-9,13H,10-11H2,1-4H3,(H,27,28)/t13-/m1/s1. The summed E-state index contributed by atoms with van der Waals surface area (Å²) < 4.78 is 7.26. The van der Waals surface area contributed by atoms with Crippen molar-refractivity contribution in [2.24, 2.45) is 0 Å². The fourth-order valence-corrected chi connectivity index (χ4v) is 4.70. The molecule has 3 aromatic rings. The number of aliphatic carboxylic acids is 1. The van der Waals surface area contributed by atoms with Crippen molar-refractivity contribution in [2.75, 3.05) is 12.0 Å². The van der Waals surface area contributed by atoms with E-state index in [2.05, 4.69) is 10.6 Å². The first-order valence-corrected chi connectivity index (χ1v) is 10.1. The van der Waals surface area contributed by atoms with Crippen molar-refractivity contribution in [2.45, 2.75) is 39.8 Å². The molecular weight excluding hydrogens is 404 g/mol. The lowest BCUT2D eigenvalue weighted by molar-refractivity contribution is -0.136. The van der Waals surface area contributed by atoms with Gasteiger partial charge in [-0.15, -0.1) is 0 Å². The Morgan fingerprint density at radius 2 is 1.90 bits per heavy atom. The quantitative estimate of drug-likeness (QED) is 0.626. The van der Waals surface area contributed by atoms with E-state index < -0.39 is 12.1 Å². The maximum absolute atomic E-state index is 12.7. The number of ether oxygens (including phenoxy) is 1. The average molecular weight is 427 g/mol. The molecule has 0 radical (unpaired) electrons. The fraction of sp³-hybridized carbons (Fsp3) is 0.304. The summed E-state index contributed by atoms with van der Waals surface area (Å²) >= 11 is 6.09. The van der Waals surface area contributed by atoms with Gasteiger partial charge in [-0.05, 0) is 61.2 Å². The van der Waals surface area contributed by atoms with Crippen molar-refractivity contribution in [3.05, 3.63) is 52.2 Å². The number of amides is 1. The first kappa shape index (κ1) is 20.3. The molecule has 1 aliphatic rings. The second-order valence-corrected chi connectivity index (χ2v) is 8.19. The third-order valence-corrected chi connectivity index (χ3v) is 6.12. The Bertz CT molecular complexity index is 1180. The lowest BCUT2D eigenvalue weighted by Crippen LogP contribution is -2.44. The van der Waals surface area contributed by atoms with Crippen LogP contribution in [0.2, 0.25) is 5.02 Å². The predicted octanol–water partition coefficient (Wildman–Crippen LogP) is 5.18. The smallest absolute Gasteiger partial charge is 0.414 e. The van der Waals surface area contributed by atoms with Gasteiger partial charge in [-0.3, -0.25) is 9.69 Å². The van der Waals surface area contributed by atoms with E-state index in [4.69, 9.17) is 16.3 Å². The number of aryl methyl sites for hydroxylation is 1. The molecule has 1 aliphatic heterocycles. The summed E-state index contributed by atoms with van der Waals surface area (Å²) in [4.78, 5) is 26.1. The molecule has 2 aromatic carbocycles. The maximum Gasteiger partial charge on any atom is 0.414 e. The molecule has 1 amide bonds. The second-order valence-electron chi connectivity index (χ2n) is 7.75. The van der Waals surface area contributed by atoms with E-state index >= 15 is 0 Å². The van der Waals surface area contributed by atoms with Gasteiger partial charge in [-0.25, -0.2) is 4.79 Å². The Morgan fingerprint density at radius 3 is 2.50 bits per heavy atom. The Hall–Kier alpha value is -2.99. The number of rotatable bonds is 3. The van der Waals surface area contributed by atoms with Crippen LogP contribution in [0.4, 0.5) is 10.5 Å². The Morgan fingerprint density at radius 1 is 1.23 bits per heavy atom. The van der Waals surface area contributed by atoms with Gasteiger partial charge in [-0.2, -0.15) is 0 Å². The van der Waals surface area contributed by atoms with Crippen LogP contribution >= 0.6 is 11.6 Å². The van der Waals surface area contributed by atoms with Gasteiger partial charge in [0.05, 0.1) is 30.8 Å². The van der Waals surface area contributed by atoms with E-state index in [9.17, 15) is 14.7 Å². The van der Waals surface area contributed by atoms with Gasteiger partial charge in [0, 0.05) is 22.6 Å². The van der Waals surface area contributed by atoms with E-state index in [0.717, 1.165) is 39.0 Å². The summed E-state index contributed by atoms with van der Waals surface area (Å²) in [5.41, 5.74) is 5.92. The van der Waals surface area contributed by atoms with Crippen LogP contribution in [0.25, 0.3) is 22.0 Å². The molecule has 0 spiro atoms. The molecule has 7 heteroatoms. The lowest BCUT2D eigenvalue weighted by Gasteiger charge is -2.36. The van der Waals surface area contributed by atoms with Crippen LogP contribution in [0.3, 0.4) is 0 Å². The third kappa shape index (κ3) is 3.03. The summed E-state index contributed by atoms with van der Waals surface area (Å²) in [6, 6.07) is 9.35. The van der Waals surface area contributed by atoms with Gasteiger partial charge in [0.15, 0.2) is 0 Å². The normalized spacial score (nSPS) is 15.5. The predicted molar refractivity (Wildman–Crippen MR) is 118 cm³/mol. The molecule has 2 heterocycles. The molecule has 4 rings (SSSR count). The molecule has 1 atom stereocenters. The van der Waals surface area contributed by atoms with Crippen molar-refractivity contribution in [3.63, 3.8) is 0 Å². The monoisotopic (exact) mass is 426 g/mol. The number of nitrogens with zero attached hydrogens (tertiary/aromatic N) is 2. The number of halogens is 1. The van der Waals surface area contributed by atoms with E-state index in [0.29, 0.717) is 17.1 Å². The van der Waals surface area contributed by atoms with Gasteiger partial charge < -0.3 is 14.4 Å².